The van der Waals surface area contributed by atoms with Crippen molar-refractivity contribution in [3.8, 4) is 0 Å². The number of non-ortho nitro benzene ring substituents is 1. The van der Waals surface area contributed by atoms with Crippen LogP contribution < -0.4 is 4.90 Å². The first-order valence-corrected chi connectivity index (χ1v) is 8.43. The molecule has 1 aliphatic carbocycles. The van der Waals surface area contributed by atoms with Gasteiger partial charge in [-0.05, 0) is 36.8 Å². The Morgan fingerprint density at radius 1 is 1.30 bits per heavy atom. The van der Waals surface area contributed by atoms with Gasteiger partial charge in [-0.2, -0.15) is 0 Å². The topological polar surface area (TPSA) is 46.4 Å². The van der Waals surface area contributed by atoms with E-state index in [1.165, 1.54) is 37.8 Å². The summed E-state index contributed by atoms with van der Waals surface area (Å²) in [5.41, 5.74) is 2.40. The molecule has 0 N–H and O–H groups in total. The SMILES string of the molecule is O=[N+]([O-])c1ccc(N2CCC3CCCCC32)c(CBr)c1. The highest BCUT2D eigenvalue weighted by Crippen LogP contribution is 2.40. The number of nitro benzene ring substituents is 1. The van der Waals surface area contributed by atoms with Crippen LogP contribution in [0.3, 0.4) is 0 Å². The summed E-state index contributed by atoms with van der Waals surface area (Å²) >= 11 is 3.48. The van der Waals surface area contributed by atoms with Crippen LogP contribution >= 0.6 is 15.9 Å². The Bertz CT molecular complexity index is 521. The van der Waals surface area contributed by atoms with Crippen LogP contribution in [0.15, 0.2) is 18.2 Å². The first kappa shape index (κ1) is 13.9. The first-order valence-electron chi connectivity index (χ1n) is 7.30. The maximum Gasteiger partial charge on any atom is 0.269 e. The fraction of sp³-hybridized carbons (Fsp3) is 0.600. The maximum atomic E-state index is 10.9. The molecule has 2 unspecified atom stereocenters. The molecule has 1 heterocycles. The average molecular weight is 339 g/mol. The van der Waals surface area contributed by atoms with Crippen LogP contribution in [0.5, 0.6) is 0 Å². The number of alkyl halides is 1. The van der Waals surface area contributed by atoms with Crippen molar-refractivity contribution in [1.29, 1.82) is 0 Å². The van der Waals surface area contributed by atoms with E-state index in [9.17, 15) is 10.1 Å². The summed E-state index contributed by atoms with van der Waals surface area (Å²) in [6, 6.07) is 5.92. The lowest BCUT2D eigenvalue weighted by atomic mass is 9.85. The zero-order chi connectivity index (χ0) is 14.1. The van der Waals surface area contributed by atoms with Crippen molar-refractivity contribution in [3.05, 3.63) is 33.9 Å². The summed E-state index contributed by atoms with van der Waals surface area (Å²) in [5, 5.41) is 11.6. The zero-order valence-corrected chi connectivity index (χ0v) is 13.0. The molecule has 2 fully saturated rings. The van der Waals surface area contributed by atoms with E-state index < -0.39 is 0 Å². The molecule has 0 aromatic heterocycles. The van der Waals surface area contributed by atoms with E-state index in [0.29, 0.717) is 11.4 Å². The van der Waals surface area contributed by atoms with Crippen LogP contribution in [0, 0.1) is 16.0 Å². The Labute approximate surface area is 127 Å². The second-order valence-electron chi connectivity index (χ2n) is 5.80. The zero-order valence-electron chi connectivity index (χ0n) is 11.4. The largest absolute Gasteiger partial charge is 0.368 e. The van der Waals surface area contributed by atoms with Crippen molar-refractivity contribution in [2.75, 3.05) is 11.4 Å². The van der Waals surface area contributed by atoms with Gasteiger partial charge in [0.2, 0.25) is 0 Å². The van der Waals surface area contributed by atoms with E-state index in [2.05, 4.69) is 20.8 Å². The molecule has 1 aliphatic heterocycles. The monoisotopic (exact) mass is 338 g/mol. The smallest absolute Gasteiger partial charge is 0.269 e. The van der Waals surface area contributed by atoms with Gasteiger partial charge >= 0.3 is 0 Å². The lowest BCUT2D eigenvalue weighted by Crippen LogP contribution is -2.35. The van der Waals surface area contributed by atoms with Crippen molar-refractivity contribution in [2.24, 2.45) is 5.92 Å². The minimum Gasteiger partial charge on any atom is -0.368 e. The van der Waals surface area contributed by atoms with Gasteiger partial charge in [0.15, 0.2) is 0 Å². The summed E-state index contributed by atoms with van der Waals surface area (Å²) < 4.78 is 0. The summed E-state index contributed by atoms with van der Waals surface area (Å²) in [4.78, 5) is 13.1. The van der Waals surface area contributed by atoms with E-state index >= 15 is 0 Å². The molecule has 4 nitrogen and oxygen atoms in total. The molecule has 5 heteroatoms. The van der Waals surface area contributed by atoms with E-state index in [1.54, 1.807) is 12.1 Å². The quantitative estimate of drug-likeness (QED) is 0.470. The van der Waals surface area contributed by atoms with Crippen LogP contribution in [0.25, 0.3) is 0 Å². The fourth-order valence-corrected chi connectivity index (χ4v) is 4.23. The fourth-order valence-electron chi connectivity index (χ4n) is 3.78. The number of rotatable bonds is 3. The van der Waals surface area contributed by atoms with E-state index in [0.717, 1.165) is 18.0 Å². The predicted octanol–water partition coefficient (Wildman–Crippen LogP) is 4.26. The third-order valence-electron chi connectivity index (χ3n) is 4.74. The molecule has 3 rings (SSSR count). The molecule has 1 aromatic carbocycles. The molecule has 1 aromatic rings. The van der Waals surface area contributed by atoms with Gasteiger partial charge in [-0.15, -0.1) is 0 Å². The molecule has 0 radical (unpaired) electrons. The Morgan fingerprint density at radius 3 is 2.85 bits per heavy atom. The summed E-state index contributed by atoms with van der Waals surface area (Å²) in [6.45, 7) is 1.09. The van der Waals surface area contributed by atoms with Gasteiger partial charge in [-0.3, -0.25) is 10.1 Å². The van der Waals surface area contributed by atoms with E-state index in [1.807, 2.05) is 6.07 Å². The minimum absolute atomic E-state index is 0.183. The average Bonchev–Trinajstić information content (AvgIpc) is 2.90. The third-order valence-corrected chi connectivity index (χ3v) is 5.34. The molecule has 108 valence electrons. The van der Waals surface area contributed by atoms with E-state index in [4.69, 9.17) is 0 Å². The number of nitro groups is 1. The molecule has 2 atom stereocenters. The highest BCUT2D eigenvalue weighted by Gasteiger charge is 2.36. The number of nitrogens with zero attached hydrogens (tertiary/aromatic N) is 2. The van der Waals surface area contributed by atoms with Gasteiger partial charge in [-0.1, -0.05) is 28.8 Å². The highest BCUT2D eigenvalue weighted by atomic mass is 79.9. The Hall–Kier alpha value is -1.10. The molecular weight excluding hydrogens is 320 g/mol. The van der Waals surface area contributed by atoms with Crippen LogP contribution in [0.1, 0.15) is 37.7 Å². The third kappa shape index (κ3) is 2.43. The highest BCUT2D eigenvalue weighted by molar-refractivity contribution is 9.08. The predicted molar refractivity (Wildman–Crippen MR) is 83.4 cm³/mol. The van der Waals surface area contributed by atoms with Crippen molar-refractivity contribution >= 4 is 27.3 Å². The minimum atomic E-state index is -0.316. The summed E-state index contributed by atoms with van der Waals surface area (Å²) in [7, 11) is 0. The molecule has 1 saturated heterocycles. The number of fused-ring (bicyclic) bond motifs is 1. The van der Waals surface area contributed by atoms with Crippen molar-refractivity contribution in [2.45, 2.75) is 43.5 Å². The molecule has 0 amide bonds. The lowest BCUT2D eigenvalue weighted by Gasteiger charge is -2.34. The molecular formula is C15H19BrN2O2. The van der Waals surface area contributed by atoms with Crippen LogP contribution in [0.2, 0.25) is 0 Å². The van der Waals surface area contributed by atoms with Gasteiger partial charge in [0.05, 0.1) is 4.92 Å². The summed E-state index contributed by atoms with van der Waals surface area (Å²) in [5.74, 6) is 0.821. The molecule has 0 spiro atoms. The number of benzene rings is 1. The van der Waals surface area contributed by atoms with Crippen LogP contribution in [0.4, 0.5) is 11.4 Å². The number of halogens is 1. The van der Waals surface area contributed by atoms with E-state index in [-0.39, 0.29) is 10.6 Å². The summed E-state index contributed by atoms with van der Waals surface area (Å²) in [6.07, 6.45) is 6.55. The van der Waals surface area contributed by atoms with Crippen molar-refractivity contribution in [3.63, 3.8) is 0 Å². The van der Waals surface area contributed by atoms with Crippen molar-refractivity contribution in [1.82, 2.24) is 0 Å². The molecule has 1 saturated carbocycles. The van der Waals surface area contributed by atoms with Gasteiger partial charge in [-0.25, -0.2) is 0 Å². The van der Waals surface area contributed by atoms with Gasteiger partial charge in [0.1, 0.15) is 0 Å². The Morgan fingerprint density at radius 2 is 2.10 bits per heavy atom. The Kier molecular flexibility index (Phi) is 3.96. The van der Waals surface area contributed by atoms with Crippen LogP contribution in [-0.2, 0) is 5.33 Å². The molecule has 20 heavy (non-hydrogen) atoms. The standard InChI is InChI=1S/C15H19BrN2O2/c16-10-12-9-13(18(19)20)5-6-15(12)17-8-7-11-3-1-2-4-14(11)17/h5-6,9,11,14H,1-4,7-8,10H2. The van der Waals surface area contributed by atoms with Crippen molar-refractivity contribution < 1.29 is 4.92 Å². The Balaban J connectivity index is 1.91. The lowest BCUT2D eigenvalue weighted by molar-refractivity contribution is -0.384. The van der Waals surface area contributed by atoms with Gasteiger partial charge in [0, 0.05) is 35.7 Å². The second kappa shape index (κ2) is 5.72. The molecule has 2 aliphatic rings. The second-order valence-corrected chi connectivity index (χ2v) is 6.36. The molecule has 0 bridgehead atoms. The first-order chi connectivity index (χ1) is 9.70. The van der Waals surface area contributed by atoms with Gasteiger partial charge in [0.25, 0.3) is 5.69 Å². The normalized spacial score (nSPS) is 25.6. The maximum absolute atomic E-state index is 10.9. The van der Waals surface area contributed by atoms with Gasteiger partial charge < -0.3 is 4.90 Å². The number of hydrogen-bond acceptors (Lipinski definition) is 3. The number of anilines is 1. The number of hydrogen-bond donors (Lipinski definition) is 0. The van der Waals surface area contributed by atoms with Crippen LogP contribution in [-0.4, -0.2) is 17.5 Å².